The highest BCUT2D eigenvalue weighted by atomic mass is 32.2. The molecule has 2 rings (SSSR count). The number of thioether (sulfide) groups is 1. The lowest BCUT2D eigenvalue weighted by Crippen LogP contribution is -2.14. The highest BCUT2D eigenvalue weighted by Crippen LogP contribution is 2.17. The number of aromatic nitrogens is 3. The van der Waals surface area contributed by atoms with Crippen molar-refractivity contribution in [1.82, 2.24) is 15.2 Å². The van der Waals surface area contributed by atoms with E-state index in [2.05, 4.69) is 20.5 Å². The summed E-state index contributed by atoms with van der Waals surface area (Å²) < 4.78 is 5.35. The maximum absolute atomic E-state index is 11.9. The summed E-state index contributed by atoms with van der Waals surface area (Å²) in [5, 5.41) is 11.3. The van der Waals surface area contributed by atoms with Crippen LogP contribution in [0.5, 0.6) is 5.75 Å². The summed E-state index contributed by atoms with van der Waals surface area (Å²) in [5.74, 6) is 0.901. The predicted octanol–water partition coefficient (Wildman–Crippen LogP) is 2.62. The van der Waals surface area contributed by atoms with E-state index in [1.165, 1.54) is 11.8 Å². The molecule has 0 spiro atoms. The largest absolute Gasteiger partial charge is 0.494 e. The molecule has 1 N–H and O–H groups in total. The summed E-state index contributed by atoms with van der Waals surface area (Å²) in [6.45, 7) is 6.26. The van der Waals surface area contributed by atoms with Crippen LogP contribution < -0.4 is 10.1 Å². The third-order valence-electron chi connectivity index (χ3n) is 2.85. The lowest BCUT2D eigenvalue weighted by molar-refractivity contribution is -0.113. The number of rotatable bonds is 6. The fourth-order valence-corrected chi connectivity index (χ4v) is 2.26. The van der Waals surface area contributed by atoms with Crippen molar-refractivity contribution in [2.24, 2.45) is 0 Å². The molecule has 0 unspecified atom stereocenters. The van der Waals surface area contributed by atoms with E-state index in [0.717, 1.165) is 22.8 Å². The van der Waals surface area contributed by atoms with Gasteiger partial charge in [0.25, 0.3) is 0 Å². The van der Waals surface area contributed by atoms with Gasteiger partial charge < -0.3 is 10.1 Å². The number of carbonyl (C=O) groups is 1. The van der Waals surface area contributed by atoms with Gasteiger partial charge in [0.15, 0.2) is 0 Å². The van der Waals surface area contributed by atoms with Crippen LogP contribution in [0.2, 0.25) is 0 Å². The molecule has 116 valence electrons. The van der Waals surface area contributed by atoms with Crippen LogP contribution in [0.4, 0.5) is 5.69 Å². The van der Waals surface area contributed by atoms with Crippen molar-refractivity contribution in [2.45, 2.75) is 25.9 Å². The Balaban J connectivity index is 1.85. The SMILES string of the molecule is CCOc1ccc(NC(=O)CSc2nnc(C)c(C)n2)cc1. The highest BCUT2D eigenvalue weighted by molar-refractivity contribution is 7.99. The van der Waals surface area contributed by atoms with Crippen LogP contribution in [0.25, 0.3) is 0 Å². The first-order chi connectivity index (χ1) is 10.6. The molecule has 1 aromatic heterocycles. The normalized spacial score (nSPS) is 10.3. The maximum atomic E-state index is 11.9. The van der Waals surface area contributed by atoms with Crippen LogP contribution in [-0.2, 0) is 4.79 Å². The van der Waals surface area contributed by atoms with Crippen molar-refractivity contribution < 1.29 is 9.53 Å². The Morgan fingerprint density at radius 1 is 1.18 bits per heavy atom. The molecule has 0 saturated carbocycles. The Morgan fingerprint density at radius 2 is 1.91 bits per heavy atom. The topological polar surface area (TPSA) is 77.0 Å². The number of anilines is 1. The average molecular weight is 318 g/mol. The number of carbonyl (C=O) groups excluding carboxylic acids is 1. The maximum Gasteiger partial charge on any atom is 0.234 e. The standard InChI is InChI=1S/C15H18N4O2S/c1-4-21-13-7-5-12(6-8-13)17-14(20)9-22-15-16-10(2)11(3)18-19-15/h5-8H,4,9H2,1-3H3,(H,17,20). The first-order valence-electron chi connectivity index (χ1n) is 6.92. The van der Waals surface area contributed by atoms with Crippen LogP contribution in [0.3, 0.4) is 0 Å². The third kappa shape index (κ3) is 4.70. The summed E-state index contributed by atoms with van der Waals surface area (Å²) in [6, 6.07) is 7.26. The summed E-state index contributed by atoms with van der Waals surface area (Å²) in [7, 11) is 0. The molecule has 0 bridgehead atoms. The Hall–Kier alpha value is -2.15. The first-order valence-corrected chi connectivity index (χ1v) is 7.90. The molecular weight excluding hydrogens is 300 g/mol. The lowest BCUT2D eigenvalue weighted by Gasteiger charge is -2.07. The molecule has 7 heteroatoms. The van der Waals surface area contributed by atoms with Crippen molar-refractivity contribution in [3.63, 3.8) is 0 Å². The quantitative estimate of drug-likeness (QED) is 0.825. The molecule has 22 heavy (non-hydrogen) atoms. The second-order valence-corrected chi connectivity index (χ2v) is 5.50. The number of hydrogen-bond acceptors (Lipinski definition) is 6. The van der Waals surface area contributed by atoms with Crippen molar-refractivity contribution in [3.8, 4) is 5.75 Å². The van der Waals surface area contributed by atoms with Crippen LogP contribution >= 0.6 is 11.8 Å². The number of aryl methyl sites for hydroxylation is 2. The zero-order valence-corrected chi connectivity index (χ0v) is 13.6. The average Bonchev–Trinajstić information content (AvgIpc) is 2.51. The number of nitrogens with one attached hydrogen (secondary N) is 1. The minimum atomic E-state index is -0.115. The van der Waals surface area contributed by atoms with E-state index in [9.17, 15) is 4.79 Å². The summed E-state index contributed by atoms with van der Waals surface area (Å²) in [4.78, 5) is 16.2. The fraction of sp³-hybridized carbons (Fsp3) is 0.333. The molecule has 6 nitrogen and oxygen atoms in total. The van der Waals surface area contributed by atoms with Gasteiger partial charge in [0.05, 0.1) is 23.7 Å². The van der Waals surface area contributed by atoms with E-state index in [-0.39, 0.29) is 11.7 Å². The third-order valence-corrected chi connectivity index (χ3v) is 3.69. The van der Waals surface area contributed by atoms with Gasteiger partial charge in [-0.15, -0.1) is 5.10 Å². The summed E-state index contributed by atoms with van der Waals surface area (Å²) >= 11 is 1.26. The second-order valence-electron chi connectivity index (χ2n) is 4.56. The van der Waals surface area contributed by atoms with Gasteiger partial charge in [-0.2, -0.15) is 5.10 Å². The fourth-order valence-electron chi connectivity index (χ4n) is 1.63. The zero-order chi connectivity index (χ0) is 15.9. The molecule has 0 aliphatic heterocycles. The Labute approximate surface area is 133 Å². The van der Waals surface area contributed by atoms with Gasteiger partial charge in [-0.1, -0.05) is 11.8 Å². The molecule has 0 radical (unpaired) electrons. The predicted molar refractivity (Wildman–Crippen MR) is 86.3 cm³/mol. The molecular formula is C15H18N4O2S. The van der Waals surface area contributed by atoms with Crippen LogP contribution in [-0.4, -0.2) is 33.4 Å². The molecule has 0 saturated heterocycles. The number of nitrogens with zero attached hydrogens (tertiary/aromatic N) is 3. The van der Waals surface area contributed by atoms with Crippen molar-refractivity contribution in [3.05, 3.63) is 35.7 Å². The van der Waals surface area contributed by atoms with E-state index in [1.807, 2.05) is 45.0 Å². The van der Waals surface area contributed by atoms with Gasteiger partial charge in [-0.25, -0.2) is 4.98 Å². The second kappa shape index (κ2) is 7.74. The minimum Gasteiger partial charge on any atom is -0.494 e. The van der Waals surface area contributed by atoms with Gasteiger partial charge in [0, 0.05) is 5.69 Å². The number of hydrogen-bond donors (Lipinski definition) is 1. The number of amides is 1. The minimum absolute atomic E-state index is 0.115. The molecule has 0 fully saturated rings. The van der Waals surface area contributed by atoms with Gasteiger partial charge >= 0.3 is 0 Å². The Morgan fingerprint density at radius 3 is 2.55 bits per heavy atom. The summed E-state index contributed by atoms with van der Waals surface area (Å²) in [5.41, 5.74) is 2.35. The van der Waals surface area contributed by atoms with Crippen LogP contribution in [0.15, 0.2) is 29.4 Å². The molecule has 1 amide bonds. The van der Waals surface area contributed by atoms with E-state index in [1.54, 1.807) is 0 Å². The summed E-state index contributed by atoms with van der Waals surface area (Å²) in [6.07, 6.45) is 0. The van der Waals surface area contributed by atoms with E-state index in [4.69, 9.17) is 4.74 Å². The van der Waals surface area contributed by atoms with Gasteiger partial charge in [0.2, 0.25) is 11.1 Å². The molecule has 0 aliphatic rings. The van der Waals surface area contributed by atoms with Crippen LogP contribution in [0.1, 0.15) is 18.3 Å². The smallest absolute Gasteiger partial charge is 0.234 e. The van der Waals surface area contributed by atoms with E-state index >= 15 is 0 Å². The zero-order valence-electron chi connectivity index (χ0n) is 12.8. The Kier molecular flexibility index (Phi) is 5.71. The van der Waals surface area contributed by atoms with E-state index < -0.39 is 0 Å². The molecule has 2 aromatic rings. The molecule has 0 aliphatic carbocycles. The van der Waals surface area contributed by atoms with Crippen LogP contribution in [0, 0.1) is 13.8 Å². The van der Waals surface area contributed by atoms with Crippen molar-refractivity contribution in [1.29, 1.82) is 0 Å². The molecule has 0 atom stereocenters. The molecule has 1 aromatic carbocycles. The first kappa shape index (κ1) is 16.2. The Bertz CT molecular complexity index is 646. The van der Waals surface area contributed by atoms with Gasteiger partial charge in [-0.05, 0) is 45.0 Å². The number of benzene rings is 1. The van der Waals surface area contributed by atoms with E-state index in [0.29, 0.717) is 11.8 Å². The molecule has 1 heterocycles. The van der Waals surface area contributed by atoms with Crippen molar-refractivity contribution >= 4 is 23.4 Å². The van der Waals surface area contributed by atoms with Crippen molar-refractivity contribution in [2.75, 3.05) is 17.7 Å². The highest BCUT2D eigenvalue weighted by Gasteiger charge is 2.07. The lowest BCUT2D eigenvalue weighted by atomic mass is 10.3. The monoisotopic (exact) mass is 318 g/mol. The van der Waals surface area contributed by atoms with Gasteiger partial charge in [-0.3, -0.25) is 4.79 Å². The number of ether oxygens (including phenoxy) is 1. The van der Waals surface area contributed by atoms with Gasteiger partial charge in [0.1, 0.15) is 5.75 Å².